The van der Waals surface area contributed by atoms with Crippen LogP contribution in [0.15, 0.2) is 90.1 Å². The minimum absolute atomic E-state index is 0.0152. The Labute approximate surface area is 221 Å². The van der Waals surface area contributed by atoms with E-state index in [0.717, 1.165) is 44.2 Å². The summed E-state index contributed by atoms with van der Waals surface area (Å²) in [7, 11) is 0. The zero-order valence-corrected chi connectivity index (χ0v) is 21.9. The summed E-state index contributed by atoms with van der Waals surface area (Å²) in [5, 5.41) is 6.43. The molecule has 0 spiro atoms. The van der Waals surface area contributed by atoms with Gasteiger partial charge < -0.3 is 9.40 Å². The van der Waals surface area contributed by atoms with Gasteiger partial charge in [-0.25, -0.2) is 4.79 Å². The van der Waals surface area contributed by atoms with E-state index < -0.39 is 5.97 Å². The Kier molecular flexibility index (Phi) is 5.53. The number of fused-ring (bicyclic) bond motifs is 3. The van der Waals surface area contributed by atoms with Crippen molar-refractivity contribution in [2.24, 2.45) is 5.16 Å². The van der Waals surface area contributed by atoms with Gasteiger partial charge in [0, 0.05) is 44.9 Å². The van der Waals surface area contributed by atoms with Crippen molar-refractivity contribution in [3.8, 4) is 0 Å². The number of aryl methyl sites for hydroxylation is 2. The first kappa shape index (κ1) is 23.9. The number of benzene rings is 4. The summed E-state index contributed by atoms with van der Waals surface area (Å²) in [6.07, 6.45) is 0.591. The lowest BCUT2D eigenvalue weighted by atomic mass is 9.88. The number of rotatable bonds is 4. The largest absolute Gasteiger partial charge is 0.365 e. The normalized spacial score (nSPS) is 15.2. The van der Waals surface area contributed by atoms with Crippen LogP contribution in [0.2, 0.25) is 0 Å². The molecular formula is C33H28N2O3. The van der Waals surface area contributed by atoms with E-state index in [-0.39, 0.29) is 11.3 Å². The van der Waals surface area contributed by atoms with E-state index in [4.69, 9.17) is 4.84 Å². The van der Waals surface area contributed by atoms with Crippen LogP contribution in [-0.2, 0) is 10.4 Å². The highest BCUT2D eigenvalue weighted by Gasteiger charge is 2.34. The molecule has 0 aliphatic carbocycles. The third-order valence-corrected chi connectivity index (χ3v) is 7.48. The number of oxime groups is 1. The van der Waals surface area contributed by atoms with Gasteiger partial charge in [-0.3, -0.25) is 4.79 Å². The third kappa shape index (κ3) is 3.82. The molecule has 0 saturated carbocycles. The van der Waals surface area contributed by atoms with Crippen LogP contribution in [0.3, 0.4) is 0 Å². The van der Waals surface area contributed by atoms with E-state index in [1.54, 1.807) is 12.1 Å². The van der Waals surface area contributed by atoms with Crippen LogP contribution in [0, 0.1) is 13.8 Å². The average Bonchev–Trinajstić information content (AvgIpc) is 3.26. The van der Waals surface area contributed by atoms with E-state index in [9.17, 15) is 9.59 Å². The number of ketones is 1. The molecule has 5 heteroatoms. The summed E-state index contributed by atoms with van der Waals surface area (Å²) in [4.78, 5) is 31.5. The molecule has 0 fully saturated rings. The van der Waals surface area contributed by atoms with Gasteiger partial charge in [-0.15, -0.1) is 0 Å². The van der Waals surface area contributed by atoms with Crippen molar-refractivity contribution >= 4 is 39.3 Å². The van der Waals surface area contributed by atoms with Crippen LogP contribution >= 0.6 is 0 Å². The van der Waals surface area contributed by atoms with Crippen LogP contribution in [0.4, 0.5) is 0 Å². The van der Waals surface area contributed by atoms with E-state index in [1.807, 2.05) is 80.6 Å². The number of carbonyl (C=O) groups excluding carboxylic acids is 2. The van der Waals surface area contributed by atoms with E-state index in [0.29, 0.717) is 23.1 Å². The van der Waals surface area contributed by atoms with Crippen molar-refractivity contribution in [1.82, 2.24) is 4.57 Å². The molecule has 0 unspecified atom stereocenters. The maximum absolute atomic E-state index is 13.4. The first-order valence-electron chi connectivity index (χ1n) is 12.8. The van der Waals surface area contributed by atoms with Gasteiger partial charge in [0.25, 0.3) is 0 Å². The number of nitrogens with zero attached hydrogens (tertiary/aromatic N) is 2. The number of aromatic nitrogens is 1. The molecule has 5 aromatic rings. The summed E-state index contributed by atoms with van der Waals surface area (Å²) in [6, 6.07) is 27.0. The molecule has 0 N–H and O–H groups in total. The van der Waals surface area contributed by atoms with Gasteiger partial charge in [0.05, 0.1) is 16.8 Å². The molecule has 0 amide bonds. The summed E-state index contributed by atoms with van der Waals surface area (Å²) in [5.41, 5.74) is 7.30. The van der Waals surface area contributed by atoms with Crippen LogP contribution in [0.5, 0.6) is 0 Å². The molecule has 1 aromatic heterocycles. The van der Waals surface area contributed by atoms with Gasteiger partial charge in [0.1, 0.15) is 0 Å². The molecule has 6 rings (SSSR count). The highest BCUT2D eigenvalue weighted by molar-refractivity contribution is 6.21. The summed E-state index contributed by atoms with van der Waals surface area (Å²) < 4.78 is 2.33. The van der Waals surface area contributed by atoms with Gasteiger partial charge in [-0.05, 0) is 63.6 Å². The summed E-state index contributed by atoms with van der Waals surface area (Å²) >= 11 is 0. The van der Waals surface area contributed by atoms with Crippen molar-refractivity contribution in [3.05, 3.63) is 118 Å². The summed E-state index contributed by atoms with van der Waals surface area (Å²) in [6.45, 7) is 8.25. The fourth-order valence-electron chi connectivity index (χ4n) is 5.56. The highest BCUT2D eigenvalue weighted by Crippen LogP contribution is 2.42. The highest BCUT2D eigenvalue weighted by atomic mass is 16.7. The predicted molar refractivity (Wildman–Crippen MR) is 151 cm³/mol. The van der Waals surface area contributed by atoms with Gasteiger partial charge >= 0.3 is 5.97 Å². The van der Waals surface area contributed by atoms with Crippen molar-refractivity contribution < 1.29 is 14.4 Å². The lowest BCUT2D eigenvalue weighted by molar-refractivity contribution is 0.0514. The number of hydrogen-bond donors (Lipinski definition) is 0. The molecule has 5 nitrogen and oxygen atoms in total. The topological polar surface area (TPSA) is 60.7 Å². The Morgan fingerprint density at radius 2 is 1.58 bits per heavy atom. The van der Waals surface area contributed by atoms with Crippen molar-refractivity contribution in [1.29, 1.82) is 0 Å². The Balaban J connectivity index is 1.46. The standard InChI is InChI=1S/C33H28N2O3/c1-20-12-14-22(15-13-20)32(37)38-34-28-19-33(3,4)35-29-17-16-23(31(36)24-9-6-5-8-21(24)2)18-27(29)25-10-7-11-26(28)30(25)35/h5-18H,19H2,1-4H3/b34-28+. The summed E-state index contributed by atoms with van der Waals surface area (Å²) in [5.74, 6) is -0.464. The third-order valence-electron chi connectivity index (χ3n) is 7.48. The molecular weight excluding hydrogens is 472 g/mol. The smallest absolute Gasteiger partial charge is 0.334 e. The SMILES string of the molecule is Cc1ccc(C(=O)O/N=C2\CC(C)(C)n3c4ccc(C(=O)c5ccccc5C)cc4c4cccc2c43)cc1. The Morgan fingerprint density at radius 3 is 2.34 bits per heavy atom. The second kappa shape index (κ2) is 8.80. The van der Waals surface area contributed by atoms with Crippen molar-refractivity contribution in [2.45, 2.75) is 39.7 Å². The number of carbonyl (C=O) groups is 2. The molecule has 0 radical (unpaired) electrons. The van der Waals surface area contributed by atoms with Gasteiger partial charge in [0.2, 0.25) is 0 Å². The van der Waals surface area contributed by atoms with Crippen LogP contribution in [0.25, 0.3) is 21.8 Å². The second-order valence-corrected chi connectivity index (χ2v) is 10.7. The molecule has 1 aliphatic rings. The van der Waals surface area contributed by atoms with E-state index in [2.05, 4.69) is 29.6 Å². The lowest BCUT2D eigenvalue weighted by Crippen LogP contribution is -2.34. The van der Waals surface area contributed by atoms with Crippen LogP contribution < -0.4 is 0 Å². The molecule has 0 bridgehead atoms. The molecule has 0 saturated heterocycles. The molecule has 2 heterocycles. The van der Waals surface area contributed by atoms with Gasteiger partial charge in [0.15, 0.2) is 5.78 Å². The first-order chi connectivity index (χ1) is 18.2. The molecule has 188 valence electrons. The Morgan fingerprint density at radius 1 is 0.842 bits per heavy atom. The zero-order chi connectivity index (χ0) is 26.6. The Hall–Kier alpha value is -4.51. The van der Waals surface area contributed by atoms with Crippen LogP contribution in [-0.4, -0.2) is 22.0 Å². The molecule has 1 aliphatic heterocycles. The number of para-hydroxylation sites is 1. The molecule has 4 aromatic carbocycles. The molecule has 0 atom stereocenters. The first-order valence-corrected chi connectivity index (χ1v) is 12.8. The van der Waals surface area contributed by atoms with Crippen molar-refractivity contribution in [3.63, 3.8) is 0 Å². The zero-order valence-electron chi connectivity index (χ0n) is 21.9. The van der Waals surface area contributed by atoms with Gasteiger partial charge in [-0.1, -0.05) is 65.3 Å². The number of hydrogen-bond acceptors (Lipinski definition) is 4. The maximum Gasteiger partial charge on any atom is 0.365 e. The van der Waals surface area contributed by atoms with Crippen molar-refractivity contribution in [2.75, 3.05) is 0 Å². The second-order valence-electron chi connectivity index (χ2n) is 10.7. The monoisotopic (exact) mass is 500 g/mol. The average molecular weight is 501 g/mol. The molecule has 38 heavy (non-hydrogen) atoms. The van der Waals surface area contributed by atoms with E-state index >= 15 is 0 Å². The fraction of sp³-hybridized carbons (Fsp3) is 0.182. The predicted octanol–water partition coefficient (Wildman–Crippen LogP) is 7.34. The van der Waals surface area contributed by atoms with Crippen LogP contribution in [0.1, 0.15) is 63.2 Å². The van der Waals surface area contributed by atoms with E-state index in [1.165, 1.54) is 0 Å². The van der Waals surface area contributed by atoms with Gasteiger partial charge in [-0.2, -0.15) is 0 Å². The lowest BCUT2D eigenvalue weighted by Gasteiger charge is -2.34. The quantitative estimate of drug-likeness (QED) is 0.147. The minimum atomic E-state index is -0.479. The fourth-order valence-corrected chi connectivity index (χ4v) is 5.56. The minimum Gasteiger partial charge on any atom is -0.334 e. The maximum atomic E-state index is 13.4. The Bertz CT molecular complexity index is 1790.